The zero-order chi connectivity index (χ0) is 8.81. The molecular formula is C9H9NaO3. The molecule has 0 aliphatic rings. The summed E-state index contributed by atoms with van der Waals surface area (Å²) in [6.07, 6.45) is 0.542. The third-order valence-electron chi connectivity index (χ3n) is 1.29. The quantitative estimate of drug-likeness (QED) is 0.391. The van der Waals surface area contributed by atoms with Gasteiger partial charge in [0.25, 0.3) is 0 Å². The third-order valence-corrected chi connectivity index (χ3v) is 1.29. The van der Waals surface area contributed by atoms with Crippen molar-refractivity contribution in [2.24, 2.45) is 0 Å². The summed E-state index contributed by atoms with van der Waals surface area (Å²) >= 11 is 0. The second kappa shape index (κ2) is 6.83. The van der Waals surface area contributed by atoms with E-state index in [1.165, 1.54) is 0 Å². The Hall–Kier alpha value is -0.640. The van der Waals surface area contributed by atoms with Gasteiger partial charge >= 0.3 is 35.5 Å². The zero-order valence-electron chi connectivity index (χ0n) is 6.40. The van der Waals surface area contributed by atoms with Crippen molar-refractivity contribution in [3.63, 3.8) is 0 Å². The predicted molar refractivity (Wildman–Crippen MR) is 49.9 cm³/mol. The summed E-state index contributed by atoms with van der Waals surface area (Å²) in [7, 11) is 0. The number of esters is 1. The first kappa shape index (κ1) is 12.4. The molecule has 1 rings (SSSR count). The Labute approximate surface area is 98.4 Å². The van der Waals surface area contributed by atoms with E-state index in [-0.39, 0.29) is 36.2 Å². The van der Waals surface area contributed by atoms with Crippen LogP contribution in [-0.2, 0) is 9.53 Å². The van der Waals surface area contributed by atoms with E-state index in [4.69, 9.17) is 0 Å². The first-order chi connectivity index (χ1) is 5.84. The second-order valence-corrected chi connectivity index (χ2v) is 2.13. The summed E-state index contributed by atoms with van der Waals surface area (Å²) in [5.41, 5.74) is 0.458. The third kappa shape index (κ3) is 4.22. The molecule has 0 heterocycles. The number of rotatable bonds is 3. The van der Waals surface area contributed by atoms with Crippen molar-refractivity contribution in [1.82, 2.24) is 0 Å². The molecule has 1 aromatic carbocycles. The van der Waals surface area contributed by atoms with E-state index in [2.05, 4.69) is 4.74 Å². The average Bonchev–Trinajstić information content (AvgIpc) is 2.15. The van der Waals surface area contributed by atoms with Gasteiger partial charge in [0.15, 0.2) is 6.29 Å². The Kier molecular flexibility index (Phi) is 6.49. The summed E-state index contributed by atoms with van der Waals surface area (Å²) in [6.45, 7) is -0.187. The molecular weight excluding hydrogens is 179 g/mol. The van der Waals surface area contributed by atoms with Crippen LogP contribution in [0.25, 0.3) is 0 Å². The predicted octanol–water partition coefficient (Wildman–Crippen LogP) is 0.394. The topological polar surface area (TPSA) is 43.4 Å². The Morgan fingerprint density at radius 1 is 1.31 bits per heavy atom. The molecule has 0 unspecified atom stereocenters. The zero-order valence-corrected chi connectivity index (χ0v) is 6.40. The summed E-state index contributed by atoms with van der Waals surface area (Å²) in [6, 6.07) is 8.53. The molecule has 0 aliphatic carbocycles. The molecule has 0 fully saturated rings. The van der Waals surface area contributed by atoms with Crippen LogP contribution in [0.5, 0.6) is 0 Å². The van der Waals surface area contributed by atoms with E-state index in [0.717, 1.165) is 0 Å². The minimum absolute atomic E-state index is 0. The fraction of sp³-hybridized carbons (Fsp3) is 0.111. The van der Waals surface area contributed by atoms with Crippen molar-refractivity contribution in [1.29, 1.82) is 0 Å². The van der Waals surface area contributed by atoms with Crippen molar-refractivity contribution >= 4 is 41.8 Å². The van der Waals surface area contributed by atoms with Crippen LogP contribution in [0.4, 0.5) is 0 Å². The normalized spacial score (nSPS) is 8.31. The van der Waals surface area contributed by atoms with Gasteiger partial charge in [0.1, 0.15) is 6.61 Å². The van der Waals surface area contributed by atoms with Gasteiger partial charge in [0.2, 0.25) is 0 Å². The van der Waals surface area contributed by atoms with Crippen molar-refractivity contribution < 1.29 is 14.3 Å². The molecule has 0 radical (unpaired) electrons. The van der Waals surface area contributed by atoms with Gasteiger partial charge in [0, 0.05) is 0 Å². The molecule has 13 heavy (non-hydrogen) atoms. The molecule has 0 bridgehead atoms. The molecule has 0 saturated heterocycles. The number of hydrogen-bond acceptors (Lipinski definition) is 3. The van der Waals surface area contributed by atoms with Crippen LogP contribution in [0.15, 0.2) is 30.3 Å². The van der Waals surface area contributed by atoms with Crippen molar-refractivity contribution in [2.45, 2.75) is 0 Å². The van der Waals surface area contributed by atoms with Gasteiger partial charge in [-0.15, -0.1) is 0 Å². The first-order valence-corrected chi connectivity index (χ1v) is 3.50. The van der Waals surface area contributed by atoms with Crippen LogP contribution in [0.1, 0.15) is 10.4 Å². The van der Waals surface area contributed by atoms with E-state index in [1.54, 1.807) is 30.3 Å². The molecule has 64 valence electrons. The van der Waals surface area contributed by atoms with Crippen LogP contribution in [0.2, 0.25) is 0 Å². The number of hydrogen-bond donors (Lipinski definition) is 0. The molecule has 1 aromatic rings. The van der Waals surface area contributed by atoms with E-state index >= 15 is 0 Å². The van der Waals surface area contributed by atoms with E-state index in [0.29, 0.717) is 11.8 Å². The average molecular weight is 188 g/mol. The Bertz CT molecular complexity index is 271. The minimum atomic E-state index is -0.470. The Morgan fingerprint density at radius 2 is 1.92 bits per heavy atom. The standard InChI is InChI=1S/C9H8O3.Na.H/c10-6-7-12-9(11)8-4-2-1-3-5-8;;/h1-6H,7H2;;. The van der Waals surface area contributed by atoms with E-state index in [9.17, 15) is 9.59 Å². The van der Waals surface area contributed by atoms with Crippen molar-refractivity contribution in [3.05, 3.63) is 35.9 Å². The Morgan fingerprint density at radius 3 is 2.46 bits per heavy atom. The molecule has 0 spiro atoms. The van der Waals surface area contributed by atoms with Gasteiger partial charge < -0.3 is 4.74 Å². The summed E-state index contributed by atoms with van der Waals surface area (Å²) in [5.74, 6) is -0.470. The summed E-state index contributed by atoms with van der Waals surface area (Å²) in [5, 5.41) is 0. The van der Waals surface area contributed by atoms with Gasteiger partial charge in [-0.25, -0.2) is 4.79 Å². The van der Waals surface area contributed by atoms with E-state index < -0.39 is 5.97 Å². The summed E-state index contributed by atoms with van der Waals surface area (Å²) < 4.78 is 4.57. The van der Waals surface area contributed by atoms with Crippen molar-refractivity contribution in [2.75, 3.05) is 6.61 Å². The van der Waals surface area contributed by atoms with Gasteiger partial charge in [0.05, 0.1) is 5.56 Å². The maximum atomic E-state index is 11.0. The monoisotopic (exact) mass is 188 g/mol. The Balaban J connectivity index is 0.00000144. The second-order valence-electron chi connectivity index (χ2n) is 2.13. The molecule has 0 N–H and O–H groups in total. The van der Waals surface area contributed by atoms with Gasteiger partial charge in [-0.1, -0.05) is 18.2 Å². The molecule has 4 heteroatoms. The SMILES string of the molecule is O=CCOC(=O)c1ccccc1.[NaH]. The van der Waals surface area contributed by atoms with Crippen LogP contribution in [0.3, 0.4) is 0 Å². The molecule has 0 atom stereocenters. The first-order valence-electron chi connectivity index (χ1n) is 3.50. The number of carbonyl (C=O) groups is 2. The van der Waals surface area contributed by atoms with Gasteiger partial charge in [-0.2, -0.15) is 0 Å². The van der Waals surface area contributed by atoms with E-state index in [1.807, 2.05) is 0 Å². The van der Waals surface area contributed by atoms with Crippen LogP contribution >= 0.6 is 0 Å². The number of ether oxygens (including phenoxy) is 1. The fourth-order valence-electron chi connectivity index (χ4n) is 0.767. The maximum absolute atomic E-state index is 11.0. The summed E-state index contributed by atoms with van der Waals surface area (Å²) in [4.78, 5) is 20.9. The van der Waals surface area contributed by atoms with Crippen LogP contribution < -0.4 is 0 Å². The molecule has 0 aliphatic heterocycles. The van der Waals surface area contributed by atoms with Crippen LogP contribution in [-0.4, -0.2) is 48.4 Å². The van der Waals surface area contributed by atoms with Crippen molar-refractivity contribution in [3.8, 4) is 0 Å². The number of aldehydes is 1. The van der Waals surface area contributed by atoms with Gasteiger partial charge in [-0.3, -0.25) is 4.79 Å². The fourth-order valence-corrected chi connectivity index (χ4v) is 0.767. The molecule has 0 aromatic heterocycles. The molecule has 3 nitrogen and oxygen atoms in total. The molecule has 0 amide bonds. The number of carbonyl (C=O) groups excluding carboxylic acids is 2. The number of benzene rings is 1. The molecule has 0 saturated carbocycles. The van der Waals surface area contributed by atoms with Crippen LogP contribution in [0, 0.1) is 0 Å². The van der Waals surface area contributed by atoms with Gasteiger partial charge in [-0.05, 0) is 12.1 Å².